The highest BCUT2D eigenvalue weighted by Gasteiger charge is 2.13. The van der Waals surface area contributed by atoms with Crippen LogP contribution in [0.2, 0.25) is 0 Å². The van der Waals surface area contributed by atoms with Crippen LogP contribution < -0.4 is 0 Å². The number of hydrogen-bond donors (Lipinski definition) is 0. The summed E-state index contributed by atoms with van der Waals surface area (Å²) < 4.78 is 11.7. The number of oxazole rings is 1. The molecule has 0 spiro atoms. The summed E-state index contributed by atoms with van der Waals surface area (Å²) in [6.45, 7) is 8.38. The van der Waals surface area contributed by atoms with Crippen LogP contribution in [0, 0.1) is 10.7 Å². The lowest BCUT2D eigenvalue weighted by Crippen LogP contribution is -2.18. The van der Waals surface area contributed by atoms with Gasteiger partial charge in [-0.05, 0) is 27.7 Å². The standard InChI is InChI=1S/C9H14INO2/c1-6-8(10)13-7(11-6)5-12-9(2,3)4/h5H2,1-4H3. The summed E-state index contributed by atoms with van der Waals surface area (Å²) in [5.74, 6) is 0.650. The van der Waals surface area contributed by atoms with Crippen LogP contribution >= 0.6 is 22.6 Å². The molecule has 0 aliphatic rings. The number of aromatic nitrogens is 1. The highest BCUT2D eigenvalue weighted by molar-refractivity contribution is 14.1. The van der Waals surface area contributed by atoms with E-state index < -0.39 is 0 Å². The fourth-order valence-electron chi connectivity index (χ4n) is 0.771. The molecule has 0 amide bonds. The summed E-state index contributed by atoms with van der Waals surface area (Å²) in [6, 6.07) is 0. The third-order valence-electron chi connectivity index (χ3n) is 1.41. The van der Waals surface area contributed by atoms with Gasteiger partial charge < -0.3 is 9.15 Å². The maximum Gasteiger partial charge on any atom is 0.221 e. The van der Waals surface area contributed by atoms with Crippen LogP contribution in [0.1, 0.15) is 32.4 Å². The molecule has 1 rings (SSSR count). The van der Waals surface area contributed by atoms with Gasteiger partial charge in [-0.3, -0.25) is 0 Å². The predicted octanol–water partition coefficient (Wildman–Crippen LogP) is 2.90. The van der Waals surface area contributed by atoms with E-state index in [1.807, 2.05) is 27.7 Å². The molecule has 0 radical (unpaired) electrons. The average Bonchev–Trinajstić information content (AvgIpc) is 2.27. The molecule has 0 bridgehead atoms. The van der Waals surface area contributed by atoms with Gasteiger partial charge >= 0.3 is 0 Å². The van der Waals surface area contributed by atoms with Crippen molar-refractivity contribution in [1.29, 1.82) is 0 Å². The van der Waals surface area contributed by atoms with Crippen molar-refractivity contribution in [2.45, 2.75) is 39.9 Å². The Morgan fingerprint density at radius 3 is 2.46 bits per heavy atom. The monoisotopic (exact) mass is 295 g/mol. The molecule has 1 aromatic rings. The molecule has 0 saturated heterocycles. The van der Waals surface area contributed by atoms with E-state index >= 15 is 0 Å². The normalized spacial score (nSPS) is 12.1. The van der Waals surface area contributed by atoms with Gasteiger partial charge in [0.25, 0.3) is 0 Å². The molecule has 4 heteroatoms. The van der Waals surface area contributed by atoms with Crippen molar-refractivity contribution in [2.75, 3.05) is 0 Å². The van der Waals surface area contributed by atoms with E-state index in [4.69, 9.17) is 9.15 Å². The Kier molecular flexibility index (Phi) is 3.34. The topological polar surface area (TPSA) is 35.3 Å². The van der Waals surface area contributed by atoms with Crippen molar-refractivity contribution in [3.63, 3.8) is 0 Å². The molecule has 0 aliphatic heterocycles. The Bertz CT molecular complexity index is 269. The summed E-state index contributed by atoms with van der Waals surface area (Å²) >= 11 is 2.12. The van der Waals surface area contributed by atoms with Crippen molar-refractivity contribution in [1.82, 2.24) is 4.98 Å². The van der Waals surface area contributed by atoms with Gasteiger partial charge in [0.1, 0.15) is 6.61 Å². The van der Waals surface area contributed by atoms with Crippen molar-refractivity contribution in [2.24, 2.45) is 0 Å². The minimum Gasteiger partial charge on any atom is -0.432 e. The van der Waals surface area contributed by atoms with Gasteiger partial charge in [0.05, 0.1) is 11.3 Å². The minimum atomic E-state index is -0.145. The maximum absolute atomic E-state index is 5.52. The van der Waals surface area contributed by atoms with E-state index in [9.17, 15) is 0 Å². The largest absolute Gasteiger partial charge is 0.432 e. The molecule has 0 unspecified atom stereocenters. The summed E-state index contributed by atoms with van der Waals surface area (Å²) in [4.78, 5) is 4.21. The quantitative estimate of drug-likeness (QED) is 0.787. The van der Waals surface area contributed by atoms with Crippen LogP contribution in [-0.2, 0) is 11.3 Å². The van der Waals surface area contributed by atoms with E-state index in [2.05, 4.69) is 27.6 Å². The lowest BCUT2D eigenvalue weighted by molar-refractivity contribution is -0.0246. The van der Waals surface area contributed by atoms with Crippen LogP contribution in [0.3, 0.4) is 0 Å². The zero-order chi connectivity index (χ0) is 10.1. The molecule has 1 aromatic heterocycles. The Hall–Kier alpha value is -0.100. The number of halogens is 1. The average molecular weight is 295 g/mol. The zero-order valence-electron chi connectivity index (χ0n) is 8.35. The van der Waals surface area contributed by atoms with Gasteiger partial charge in [0, 0.05) is 22.6 Å². The van der Waals surface area contributed by atoms with E-state index in [-0.39, 0.29) is 5.60 Å². The van der Waals surface area contributed by atoms with E-state index in [1.54, 1.807) is 0 Å². The van der Waals surface area contributed by atoms with E-state index in [0.29, 0.717) is 12.5 Å². The fraction of sp³-hybridized carbons (Fsp3) is 0.667. The Balaban J connectivity index is 2.56. The van der Waals surface area contributed by atoms with Crippen LogP contribution in [0.4, 0.5) is 0 Å². The SMILES string of the molecule is Cc1nc(COC(C)(C)C)oc1I. The molecule has 0 saturated carbocycles. The Labute approximate surface area is 92.0 Å². The van der Waals surface area contributed by atoms with E-state index in [1.165, 1.54) is 0 Å². The molecule has 74 valence electrons. The van der Waals surface area contributed by atoms with Gasteiger partial charge in [-0.15, -0.1) is 0 Å². The molecule has 0 fully saturated rings. The second-order valence-corrected chi connectivity index (χ2v) is 4.85. The highest BCUT2D eigenvalue weighted by Crippen LogP contribution is 2.15. The van der Waals surface area contributed by atoms with Crippen LogP contribution in [-0.4, -0.2) is 10.6 Å². The van der Waals surface area contributed by atoms with Crippen LogP contribution in [0.15, 0.2) is 4.42 Å². The number of hydrogen-bond acceptors (Lipinski definition) is 3. The lowest BCUT2D eigenvalue weighted by Gasteiger charge is -2.17. The second-order valence-electron chi connectivity index (χ2n) is 3.87. The van der Waals surface area contributed by atoms with Crippen LogP contribution in [0.5, 0.6) is 0 Å². The smallest absolute Gasteiger partial charge is 0.221 e. The number of aryl methyl sites for hydroxylation is 1. The minimum absolute atomic E-state index is 0.145. The van der Waals surface area contributed by atoms with E-state index in [0.717, 1.165) is 9.46 Å². The summed E-state index contributed by atoms with van der Waals surface area (Å²) in [6.07, 6.45) is 0. The fourth-order valence-corrected chi connectivity index (χ4v) is 1.15. The third kappa shape index (κ3) is 3.64. The third-order valence-corrected chi connectivity index (χ3v) is 2.41. The Morgan fingerprint density at radius 1 is 1.46 bits per heavy atom. The van der Waals surface area contributed by atoms with Gasteiger partial charge in [-0.2, -0.15) is 0 Å². The first kappa shape index (κ1) is 11.0. The molecular weight excluding hydrogens is 281 g/mol. The zero-order valence-corrected chi connectivity index (χ0v) is 10.5. The van der Waals surface area contributed by atoms with Gasteiger partial charge in [-0.25, -0.2) is 4.98 Å². The predicted molar refractivity (Wildman–Crippen MR) is 58.5 cm³/mol. The second kappa shape index (κ2) is 3.96. The highest BCUT2D eigenvalue weighted by atomic mass is 127. The van der Waals surface area contributed by atoms with Crippen molar-refractivity contribution in [3.8, 4) is 0 Å². The number of nitrogens with zero attached hydrogens (tertiary/aromatic N) is 1. The Morgan fingerprint density at radius 2 is 2.08 bits per heavy atom. The summed E-state index contributed by atoms with van der Waals surface area (Å²) in [5, 5.41) is 0. The molecular formula is C9H14INO2. The molecule has 1 heterocycles. The summed E-state index contributed by atoms with van der Waals surface area (Å²) in [7, 11) is 0. The van der Waals surface area contributed by atoms with Gasteiger partial charge in [-0.1, -0.05) is 0 Å². The van der Waals surface area contributed by atoms with Crippen molar-refractivity contribution in [3.05, 3.63) is 15.4 Å². The number of ether oxygens (including phenoxy) is 1. The molecule has 0 aliphatic carbocycles. The maximum atomic E-state index is 5.52. The number of rotatable bonds is 2. The molecule has 0 N–H and O–H groups in total. The first-order valence-electron chi connectivity index (χ1n) is 4.14. The lowest BCUT2D eigenvalue weighted by atomic mass is 10.2. The molecule has 13 heavy (non-hydrogen) atoms. The van der Waals surface area contributed by atoms with Gasteiger partial charge in [0.2, 0.25) is 5.89 Å². The molecule has 0 atom stereocenters. The first-order chi connectivity index (χ1) is 5.88. The molecule has 3 nitrogen and oxygen atoms in total. The summed E-state index contributed by atoms with van der Waals surface area (Å²) in [5.41, 5.74) is 0.779. The van der Waals surface area contributed by atoms with Crippen LogP contribution in [0.25, 0.3) is 0 Å². The van der Waals surface area contributed by atoms with Crippen molar-refractivity contribution >= 4 is 22.6 Å². The molecule has 0 aromatic carbocycles. The van der Waals surface area contributed by atoms with Crippen molar-refractivity contribution < 1.29 is 9.15 Å². The first-order valence-corrected chi connectivity index (χ1v) is 5.22. The van der Waals surface area contributed by atoms with Gasteiger partial charge in [0.15, 0.2) is 3.77 Å².